The van der Waals surface area contributed by atoms with E-state index in [0.717, 1.165) is 5.56 Å². The van der Waals surface area contributed by atoms with E-state index in [2.05, 4.69) is 0 Å². The first kappa shape index (κ1) is 14.9. The summed E-state index contributed by atoms with van der Waals surface area (Å²) in [6.45, 7) is 0.0695. The minimum Gasteiger partial charge on any atom is -0.388 e. The summed E-state index contributed by atoms with van der Waals surface area (Å²) in [5.74, 6) is -0.392. The highest BCUT2D eigenvalue weighted by atomic mass is 32.3. The SMILES string of the molecule is O=C1CC(S(=O)(=O)F)CN1CCC(O)c1ccccc1. The molecule has 0 saturated carbocycles. The molecule has 1 saturated heterocycles. The lowest BCUT2D eigenvalue weighted by Crippen LogP contribution is -2.29. The molecule has 110 valence electrons. The second kappa shape index (κ2) is 5.88. The van der Waals surface area contributed by atoms with Crippen molar-refractivity contribution in [3.63, 3.8) is 0 Å². The van der Waals surface area contributed by atoms with Gasteiger partial charge in [0.1, 0.15) is 5.25 Å². The summed E-state index contributed by atoms with van der Waals surface area (Å²) < 4.78 is 34.4. The molecule has 20 heavy (non-hydrogen) atoms. The van der Waals surface area contributed by atoms with Crippen molar-refractivity contribution in [2.24, 2.45) is 0 Å². The Kier molecular flexibility index (Phi) is 4.39. The van der Waals surface area contributed by atoms with Gasteiger partial charge in [0.2, 0.25) is 5.91 Å². The third kappa shape index (κ3) is 3.55. The van der Waals surface area contributed by atoms with E-state index in [0.29, 0.717) is 0 Å². The third-order valence-corrected chi connectivity index (χ3v) is 4.55. The Hall–Kier alpha value is -1.47. The van der Waals surface area contributed by atoms with Gasteiger partial charge in [-0.05, 0) is 12.0 Å². The number of hydrogen-bond donors (Lipinski definition) is 1. The molecular weight excluding hydrogens is 285 g/mol. The first-order valence-corrected chi connectivity index (χ1v) is 7.77. The molecule has 0 aromatic heterocycles. The van der Waals surface area contributed by atoms with Crippen LogP contribution >= 0.6 is 0 Å². The normalized spacial score (nSPS) is 21.2. The van der Waals surface area contributed by atoms with Crippen molar-refractivity contribution < 1.29 is 22.2 Å². The zero-order valence-corrected chi connectivity index (χ0v) is 11.6. The highest BCUT2D eigenvalue weighted by molar-refractivity contribution is 7.87. The molecule has 1 aliphatic heterocycles. The average molecular weight is 301 g/mol. The summed E-state index contributed by atoms with van der Waals surface area (Å²) >= 11 is 0. The fourth-order valence-electron chi connectivity index (χ4n) is 2.26. The van der Waals surface area contributed by atoms with Gasteiger partial charge in [-0.25, -0.2) is 0 Å². The lowest BCUT2D eigenvalue weighted by atomic mass is 10.1. The van der Waals surface area contributed by atoms with Crippen molar-refractivity contribution in [3.05, 3.63) is 35.9 Å². The molecule has 1 aliphatic rings. The smallest absolute Gasteiger partial charge is 0.307 e. The van der Waals surface area contributed by atoms with Crippen molar-refractivity contribution in [1.82, 2.24) is 4.90 Å². The second-order valence-electron chi connectivity index (χ2n) is 4.86. The van der Waals surface area contributed by atoms with Gasteiger partial charge < -0.3 is 10.0 Å². The van der Waals surface area contributed by atoms with E-state index < -0.39 is 27.5 Å². The summed E-state index contributed by atoms with van der Waals surface area (Å²) in [5.41, 5.74) is 0.730. The largest absolute Gasteiger partial charge is 0.388 e. The van der Waals surface area contributed by atoms with Crippen molar-refractivity contribution in [3.8, 4) is 0 Å². The second-order valence-corrected chi connectivity index (χ2v) is 6.47. The molecule has 1 aromatic carbocycles. The summed E-state index contributed by atoms with van der Waals surface area (Å²) in [6, 6.07) is 8.96. The highest BCUT2D eigenvalue weighted by Crippen LogP contribution is 2.22. The maximum atomic E-state index is 12.8. The van der Waals surface area contributed by atoms with E-state index in [-0.39, 0.29) is 25.9 Å². The minimum atomic E-state index is -4.68. The first-order valence-electron chi connectivity index (χ1n) is 6.32. The van der Waals surface area contributed by atoms with Gasteiger partial charge >= 0.3 is 10.2 Å². The van der Waals surface area contributed by atoms with E-state index in [9.17, 15) is 22.2 Å². The molecule has 0 spiro atoms. The molecular formula is C13H16FNO4S. The topological polar surface area (TPSA) is 74.7 Å². The van der Waals surface area contributed by atoms with E-state index in [1.54, 1.807) is 24.3 Å². The molecule has 0 aliphatic carbocycles. The zero-order chi connectivity index (χ0) is 14.8. The van der Waals surface area contributed by atoms with Gasteiger partial charge in [0.15, 0.2) is 0 Å². The molecule has 2 unspecified atom stereocenters. The first-order chi connectivity index (χ1) is 9.38. The number of aliphatic hydroxyl groups is 1. The zero-order valence-electron chi connectivity index (χ0n) is 10.8. The monoisotopic (exact) mass is 301 g/mol. The predicted octanol–water partition coefficient (Wildman–Crippen LogP) is 1.01. The molecule has 5 nitrogen and oxygen atoms in total. The fraction of sp³-hybridized carbons (Fsp3) is 0.462. The van der Waals surface area contributed by atoms with Gasteiger partial charge in [-0.2, -0.15) is 8.42 Å². The van der Waals surface area contributed by atoms with Gasteiger partial charge in [0.05, 0.1) is 6.10 Å². The molecule has 1 fully saturated rings. The minimum absolute atomic E-state index is 0.140. The summed E-state index contributed by atoms with van der Waals surface area (Å²) in [5, 5.41) is 8.69. The number of carbonyl (C=O) groups excluding carboxylic acids is 1. The number of aliphatic hydroxyl groups excluding tert-OH is 1. The summed E-state index contributed by atoms with van der Waals surface area (Å²) in [7, 11) is -4.68. The number of halogens is 1. The van der Waals surface area contributed by atoms with Crippen LogP contribution in [-0.4, -0.2) is 42.7 Å². The van der Waals surface area contributed by atoms with E-state index in [4.69, 9.17) is 0 Å². The van der Waals surface area contributed by atoms with Gasteiger partial charge in [0, 0.05) is 19.5 Å². The predicted molar refractivity (Wildman–Crippen MR) is 71.0 cm³/mol. The van der Waals surface area contributed by atoms with Crippen molar-refractivity contribution in [2.75, 3.05) is 13.1 Å². The van der Waals surface area contributed by atoms with Crippen LogP contribution in [-0.2, 0) is 15.0 Å². The number of rotatable bonds is 5. The Morgan fingerprint density at radius 2 is 2.00 bits per heavy atom. The molecule has 0 radical (unpaired) electrons. The molecule has 1 aromatic rings. The summed E-state index contributed by atoms with van der Waals surface area (Å²) in [6.07, 6.45) is -0.764. The summed E-state index contributed by atoms with van der Waals surface area (Å²) in [4.78, 5) is 12.9. The van der Waals surface area contributed by atoms with E-state index in [1.807, 2.05) is 6.07 Å². The van der Waals surface area contributed by atoms with Crippen LogP contribution in [0.15, 0.2) is 30.3 Å². The van der Waals surface area contributed by atoms with Crippen molar-refractivity contribution in [1.29, 1.82) is 0 Å². The van der Waals surface area contributed by atoms with Crippen LogP contribution in [0.5, 0.6) is 0 Å². The molecule has 1 heterocycles. The van der Waals surface area contributed by atoms with Gasteiger partial charge in [0.25, 0.3) is 0 Å². The molecule has 2 rings (SSSR count). The number of amides is 1. The maximum absolute atomic E-state index is 12.8. The number of nitrogens with zero attached hydrogens (tertiary/aromatic N) is 1. The van der Waals surface area contributed by atoms with E-state index in [1.165, 1.54) is 4.90 Å². The maximum Gasteiger partial charge on any atom is 0.307 e. The van der Waals surface area contributed by atoms with Crippen molar-refractivity contribution >= 4 is 16.1 Å². The number of likely N-dealkylation sites (tertiary alicyclic amines) is 1. The number of hydrogen-bond acceptors (Lipinski definition) is 4. The molecule has 1 N–H and O–H groups in total. The lowest BCUT2D eigenvalue weighted by Gasteiger charge is -2.18. The number of carbonyl (C=O) groups is 1. The Morgan fingerprint density at radius 1 is 1.35 bits per heavy atom. The van der Waals surface area contributed by atoms with Crippen molar-refractivity contribution in [2.45, 2.75) is 24.2 Å². The van der Waals surface area contributed by atoms with Crippen LogP contribution in [0.2, 0.25) is 0 Å². The van der Waals surface area contributed by atoms with Crippen LogP contribution in [0.1, 0.15) is 24.5 Å². The van der Waals surface area contributed by atoms with Crippen LogP contribution < -0.4 is 0 Å². The Balaban J connectivity index is 1.90. The van der Waals surface area contributed by atoms with Gasteiger partial charge in [-0.1, -0.05) is 30.3 Å². The Morgan fingerprint density at radius 3 is 2.55 bits per heavy atom. The van der Waals surface area contributed by atoms with Crippen LogP contribution in [0.25, 0.3) is 0 Å². The van der Waals surface area contributed by atoms with E-state index >= 15 is 0 Å². The third-order valence-electron chi connectivity index (χ3n) is 3.43. The quantitative estimate of drug-likeness (QED) is 0.824. The Bertz CT molecular complexity index is 575. The molecule has 0 bridgehead atoms. The van der Waals surface area contributed by atoms with Crippen LogP contribution in [0.4, 0.5) is 3.89 Å². The molecule has 7 heteroatoms. The standard InChI is InChI=1S/C13H16FNO4S/c14-20(18,19)11-8-13(17)15(9-11)7-6-12(16)10-4-2-1-3-5-10/h1-5,11-12,16H,6-9H2. The highest BCUT2D eigenvalue weighted by Gasteiger charge is 2.38. The fourth-order valence-corrected chi connectivity index (χ4v) is 2.96. The number of benzene rings is 1. The van der Waals surface area contributed by atoms with Gasteiger partial charge in [-0.15, -0.1) is 3.89 Å². The molecule has 2 atom stereocenters. The van der Waals surface area contributed by atoms with Crippen LogP contribution in [0.3, 0.4) is 0 Å². The van der Waals surface area contributed by atoms with Gasteiger partial charge in [-0.3, -0.25) is 4.79 Å². The van der Waals surface area contributed by atoms with Crippen LogP contribution in [0, 0.1) is 0 Å². The average Bonchev–Trinajstić information content (AvgIpc) is 2.78. The molecule has 1 amide bonds. The Labute approximate surface area is 117 Å². The lowest BCUT2D eigenvalue weighted by molar-refractivity contribution is -0.127.